The van der Waals surface area contributed by atoms with Crippen molar-refractivity contribution in [2.24, 2.45) is 5.73 Å². The fourth-order valence-electron chi connectivity index (χ4n) is 1.98. The van der Waals surface area contributed by atoms with Gasteiger partial charge >= 0.3 is 0 Å². The Morgan fingerprint density at radius 2 is 2.05 bits per heavy atom. The van der Waals surface area contributed by atoms with Crippen LogP contribution in [0, 0.1) is 0 Å². The van der Waals surface area contributed by atoms with Gasteiger partial charge < -0.3 is 11.1 Å². The summed E-state index contributed by atoms with van der Waals surface area (Å²) >= 11 is 1.62. The number of benzene rings is 1. The van der Waals surface area contributed by atoms with E-state index in [-0.39, 0.29) is 11.9 Å². The molecule has 4 heteroatoms. The molecule has 0 saturated heterocycles. The van der Waals surface area contributed by atoms with Crippen LogP contribution in [0.3, 0.4) is 0 Å². The molecular formula is C16H18N2OS. The van der Waals surface area contributed by atoms with Gasteiger partial charge in [-0.2, -0.15) is 0 Å². The van der Waals surface area contributed by atoms with Crippen LogP contribution in [0.25, 0.3) is 0 Å². The number of nitrogens with one attached hydrogen (secondary N) is 1. The molecule has 2 rings (SSSR count). The predicted molar refractivity (Wildman–Crippen MR) is 83.4 cm³/mol. The number of carbonyl (C=O) groups is 1. The molecule has 3 N–H and O–H groups in total. The quantitative estimate of drug-likeness (QED) is 0.801. The maximum atomic E-state index is 12.3. The Bertz CT molecular complexity index is 551. The number of hydrogen-bond donors (Lipinski definition) is 2. The summed E-state index contributed by atoms with van der Waals surface area (Å²) in [6.45, 7) is 3.74. The Morgan fingerprint density at radius 1 is 1.30 bits per heavy atom. The molecule has 0 bridgehead atoms. The van der Waals surface area contributed by atoms with Crippen LogP contribution in [0.2, 0.25) is 0 Å². The lowest BCUT2D eigenvalue weighted by molar-refractivity contribution is -0.123. The van der Waals surface area contributed by atoms with Crippen molar-refractivity contribution in [3.63, 3.8) is 0 Å². The topological polar surface area (TPSA) is 55.1 Å². The van der Waals surface area contributed by atoms with Crippen molar-refractivity contribution in [2.45, 2.75) is 18.5 Å². The Kier molecular flexibility index (Phi) is 5.09. The van der Waals surface area contributed by atoms with E-state index in [0.717, 1.165) is 10.4 Å². The van der Waals surface area contributed by atoms with Gasteiger partial charge in [-0.05, 0) is 23.4 Å². The molecule has 0 spiro atoms. The van der Waals surface area contributed by atoms with Gasteiger partial charge in [-0.25, -0.2) is 0 Å². The van der Waals surface area contributed by atoms with Gasteiger partial charge in [-0.1, -0.05) is 42.5 Å². The summed E-state index contributed by atoms with van der Waals surface area (Å²) in [7, 11) is 0. The molecule has 0 aliphatic heterocycles. The first-order valence-corrected chi connectivity index (χ1v) is 7.35. The van der Waals surface area contributed by atoms with Crippen LogP contribution in [0.5, 0.6) is 0 Å². The lowest BCUT2D eigenvalue weighted by Gasteiger charge is -2.19. The minimum Gasteiger partial charge on any atom is -0.347 e. The normalized spacial score (nSPS) is 13.4. The smallest absolute Gasteiger partial charge is 0.242 e. The molecule has 2 aromatic rings. The second-order valence-corrected chi connectivity index (χ2v) is 5.47. The zero-order chi connectivity index (χ0) is 14.4. The molecule has 1 amide bonds. The first kappa shape index (κ1) is 14.5. The molecule has 0 aliphatic rings. The third-order valence-electron chi connectivity index (χ3n) is 3.05. The molecule has 1 aromatic heterocycles. The molecule has 3 nitrogen and oxygen atoms in total. The summed E-state index contributed by atoms with van der Waals surface area (Å²) in [5, 5.41) is 4.99. The zero-order valence-corrected chi connectivity index (χ0v) is 12.0. The highest BCUT2D eigenvalue weighted by Gasteiger charge is 2.20. The van der Waals surface area contributed by atoms with Crippen LogP contribution in [-0.2, 0) is 4.79 Å². The Hall–Kier alpha value is -1.91. The Balaban J connectivity index is 2.07. The highest BCUT2D eigenvalue weighted by molar-refractivity contribution is 7.10. The molecule has 1 heterocycles. The average molecular weight is 286 g/mol. The van der Waals surface area contributed by atoms with E-state index in [9.17, 15) is 4.79 Å². The Labute approximate surface area is 123 Å². The van der Waals surface area contributed by atoms with Gasteiger partial charge in [0.05, 0.1) is 6.04 Å². The minimum atomic E-state index is -0.650. The molecular weight excluding hydrogens is 268 g/mol. The molecule has 0 aliphatic carbocycles. The first-order valence-electron chi connectivity index (χ1n) is 6.47. The summed E-state index contributed by atoms with van der Waals surface area (Å²) in [5.74, 6) is -0.170. The summed E-state index contributed by atoms with van der Waals surface area (Å²) in [6.07, 6.45) is 2.49. The van der Waals surface area contributed by atoms with Gasteiger partial charge in [0.15, 0.2) is 0 Å². The van der Waals surface area contributed by atoms with E-state index in [1.165, 1.54) is 0 Å². The average Bonchev–Trinajstić information content (AvgIpc) is 3.01. The number of hydrogen-bond acceptors (Lipinski definition) is 3. The number of carbonyl (C=O) groups excluding carboxylic acids is 1. The number of amides is 1. The van der Waals surface area contributed by atoms with E-state index in [4.69, 9.17) is 5.73 Å². The standard InChI is InChI=1S/C16H18N2OS/c1-2-7-13(14-10-6-11-20-14)18-16(19)15(17)12-8-4-3-5-9-12/h2-6,8-11,13,15H,1,7,17H2,(H,18,19)/t13-,15-/m1/s1. The molecule has 0 saturated carbocycles. The van der Waals surface area contributed by atoms with Crippen LogP contribution in [-0.4, -0.2) is 5.91 Å². The summed E-state index contributed by atoms with van der Waals surface area (Å²) in [4.78, 5) is 13.4. The third kappa shape index (κ3) is 3.56. The van der Waals surface area contributed by atoms with Crippen molar-refractivity contribution in [1.82, 2.24) is 5.32 Å². The van der Waals surface area contributed by atoms with Crippen LogP contribution >= 0.6 is 11.3 Å². The van der Waals surface area contributed by atoms with Crippen LogP contribution in [0.15, 0.2) is 60.5 Å². The van der Waals surface area contributed by atoms with E-state index in [0.29, 0.717) is 6.42 Å². The molecule has 20 heavy (non-hydrogen) atoms. The van der Waals surface area contributed by atoms with E-state index < -0.39 is 6.04 Å². The molecule has 0 fully saturated rings. The maximum absolute atomic E-state index is 12.3. The van der Waals surface area contributed by atoms with Gasteiger partial charge in [0, 0.05) is 4.88 Å². The van der Waals surface area contributed by atoms with Crippen molar-refractivity contribution < 1.29 is 4.79 Å². The lowest BCUT2D eigenvalue weighted by Crippen LogP contribution is -2.36. The SMILES string of the molecule is C=CC[C@@H](NC(=O)[C@H](N)c1ccccc1)c1cccs1. The second kappa shape index (κ2) is 7.03. The van der Waals surface area contributed by atoms with Gasteiger partial charge in [0.25, 0.3) is 0 Å². The van der Waals surface area contributed by atoms with E-state index >= 15 is 0 Å². The third-order valence-corrected chi connectivity index (χ3v) is 4.03. The number of thiophene rings is 1. The Morgan fingerprint density at radius 3 is 2.65 bits per heavy atom. The highest BCUT2D eigenvalue weighted by atomic mass is 32.1. The second-order valence-electron chi connectivity index (χ2n) is 4.49. The fraction of sp³-hybridized carbons (Fsp3) is 0.188. The first-order chi connectivity index (χ1) is 9.72. The maximum Gasteiger partial charge on any atom is 0.242 e. The fourth-order valence-corrected chi connectivity index (χ4v) is 2.77. The predicted octanol–water partition coefficient (Wildman–Crippen LogP) is 3.18. The largest absolute Gasteiger partial charge is 0.347 e. The molecule has 1 aromatic carbocycles. The van der Waals surface area contributed by atoms with Gasteiger partial charge in [0.2, 0.25) is 5.91 Å². The molecule has 2 atom stereocenters. The van der Waals surface area contributed by atoms with E-state index in [1.54, 1.807) is 17.4 Å². The molecule has 0 radical (unpaired) electrons. The van der Waals surface area contributed by atoms with Gasteiger partial charge in [0.1, 0.15) is 6.04 Å². The van der Waals surface area contributed by atoms with Crippen molar-refractivity contribution in [3.05, 3.63) is 70.9 Å². The van der Waals surface area contributed by atoms with Crippen LogP contribution in [0.1, 0.15) is 28.9 Å². The number of rotatable bonds is 6. The van der Waals surface area contributed by atoms with Crippen molar-refractivity contribution in [1.29, 1.82) is 0 Å². The summed E-state index contributed by atoms with van der Waals surface area (Å²) in [6, 6.07) is 12.6. The van der Waals surface area contributed by atoms with Crippen molar-refractivity contribution in [2.75, 3.05) is 0 Å². The molecule has 104 valence electrons. The summed E-state index contributed by atoms with van der Waals surface area (Å²) in [5.41, 5.74) is 6.82. The van der Waals surface area contributed by atoms with Gasteiger partial charge in [-0.3, -0.25) is 4.79 Å². The van der Waals surface area contributed by atoms with E-state index in [2.05, 4.69) is 11.9 Å². The van der Waals surface area contributed by atoms with Crippen molar-refractivity contribution >= 4 is 17.2 Å². The van der Waals surface area contributed by atoms with Gasteiger partial charge in [-0.15, -0.1) is 17.9 Å². The van der Waals surface area contributed by atoms with Crippen LogP contribution < -0.4 is 11.1 Å². The minimum absolute atomic E-state index is 0.0604. The monoisotopic (exact) mass is 286 g/mol. The zero-order valence-electron chi connectivity index (χ0n) is 11.2. The number of nitrogens with two attached hydrogens (primary N) is 1. The highest BCUT2D eigenvalue weighted by Crippen LogP contribution is 2.23. The lowest BCUT2D eigenvalue weighted by atomic mass is 10.1. The van der Waals surface area contributed by atoms with Crippen molar-refractivity contribution in [3.8, 4) is 0 Å². The molecule has 0 unspecified atom stereocenters. The summed E-state index contributed by atoms with van der Waals surface area (Å²) < 4.78 is 0. The van der Waals surface area contributed by atoms with Crippen LogP contribution in [0.4, 0.5) is 0 Å². The van der Waals surface area contributed by atoms with E-state index in [1.807, 2.05) is 47.8 Å².